The maximum Gasteiger partial charge on any atom is 0.424 e. The molecular weight excluding hydrogens is 2090 g/mol. The molecule has 0 saturated carbocycles. The zero-order valence-corrected chi connectivity index (χ0v) is 88.6. The lowest BCUT2D eigenvalue weighted by atomic mass is 9.93. The van der Waals surface area contributed by atoms with E-state index in [1.807, 2.05) is 0 Å². The molecule has 12 rings (SSSR count). The fourth-order valence-electron chi connectivity index (χ4n) is 14.8. The van der Waals surface area contributed by atoms with Gasteiger partial charge in [-0.15, -0.1) is 0 Å². The number of aromatic nitrogens is 8. The smallest absolute Gasteiger partial charge is 0.424 e. The van der Waals surface area contributed by atoms with E-state index >= 15 is 4.39 Å². The van der Waals surface area contributed by atoms with E-state index in [0.29, 0.717) is 10.3 Å². The van der Waals surface area contributed by atoms with Gasteiger partial charge in [-0.25, -0.2) is 41.8 Å². The van der Waals surface area contributed by atoms with Gasteiger partial charge in [0.15, 0.2) is 24.4 Å². The number of alkyl halides is 4. The number of hydrogen-bond donors (Lipinski definition) is 10. The number of nitrogens with zero attached hydrogens (tertiary/aromatic N) is 4. The van der Waals surface area contributed by atoms with Crippen molar-refractivity contribution >= 4 is 103 Å². The van der Waals surface area contributed by atoms with Crippen molar-refractivity contribution in [2.75, 3.05) is 51.1 Å². The van der Waals surface area contributed by atoms with Crippen LogP contribution in [0.25, 0.3) is 0 Å². The van der Waals surface area contributed by atoms with Gasteiger partial charge in [0.25, 0.3) is 0 Å². The Morgan fingerprint density at radius 2 is 0.644 bits per heavy atom. The molecule has 0 spiro atoms. The van der Waals surface area contributed by atoms with Gasteiger partial charge in [0, 0.05) is 30.7 Å². The minimum Gasteiger partial charge on any atom is -0.463 e. The van der Waals surface area contributed by atoms with Gasteiger partial charge in [0.2, 0.25) is 5.60 Å². The Kier molecular flexibility index (Phi) is 42.5. The predicted octanol–water partition coefficient (Wildman–Crippen LogP) is 13.6. The highest BCUT2D eigenvalue weighted by atomic mass is 32.1. The third-order valence-corrected chi connectivity index (χ3v) is 31.3. The molecule has 4 aliphatic rings. The van der Waals surface area contributed by atoms with Crippen LogP contribution in [0.15, 0.2) is 190 Å². The highest BCUT2D eigenvalue weighted by molar-refractivity contribution is 7.72. The van der Waals surface area contributed by atoms with Gasteiger partial charge < -0.3 is 86.6 Å². The number of esters is 4. The molecule has 54 heteroatoms. The standard InChI is InChI=1S/C23H28F3N2O9PS.C23H30FN2O8PS.C23H31N2O9PS.C23H31N2O8PS/c1-13(2)35-19(30)14(3)12-38(33,37-15-7-5-4-6-8-15)34-11-16-18(29)22(32,23(24,25)26)20(36-16)28-10-9-17(39)27-21(28)31;1-14(2)32-20(28)15(3)13-35(30,34-16-8-6-5-7-9-16)31-12-17-19(27)23(4,24)21(33-17)26-11-10-18(36)25-22(26)29;1-14(2)32-20(27)15(3)13-35(30,34-16-8-6-5-7-9-16)31-12-17-19(26)23(4,29)21(33-17)25-11-10-18(36)24-22(25)28;1-14(2)31-22(27)15(3)13-34(29,33-17-8-6-5-7-9-17)30-12-18-20(26)16(4)21(32-18)25-11-10-19(35)24-23(25)28/h4-10,13-14,16,18,20,29,32H,11-12H2,1-3H3,(H,27,31,39);5-11,14-15,17,19,21,27H,12-13H2,1-4H3,(H,25,29,36);5-11,14-15,17,19,21,26,29H,12-13H2,1-4H3,(H,24,28,36);5-11,14-16,18,20-21,26H,12-13H2,1-4H3,(H,24,28,35)/t14-,16-,18+,20-,22?,38?;2*15-,17-,19+,21-,23?,35?;15-,16?,18-,20-,21-,34?/m1111/s1. The van der Waals surface area contributed by atoms with Gasteiger partial charge >= 0.3 is 83.2 Å². The quantitative estimate of drug-likeness (QED) is 0.00560. The molecular formula is C92H120F4N8O34P4S4. The monoisotopic (exact) mass is 2210 g/mol. The minimum absolute atomic E-state index is 0.0777. The first kappa shape index (κ1) is 120. The van der Waals surface area contributed by atoms with Crippen molar-refractivity contribution in [1.82, 2.24) is 38.2 Å². The van der Waals surface area contributed by atoms with E-state index in [1.165, 1.54) is 68.2 Å². The number of para-hydroxylation sites is 4. The van der Waals surface area contributed by atoms with E-state index in [2.05, 4.69) is 19.9 Å². The number of carbonyl (C=O) groups is 4. The third-order valence-electron chi connectivity index (χ3n) is 22.2. The molecule has 24 atom stereocenters. The van der Waals surface area contributed by atoms with Gasteiger partial charge in [0.05, 0.1) is 105 Å². The van der Waals surface area contributed by atoms with Gasteiger partial charge in [-0.2, -0.15) is 13.2 Å². The van der Waals surface area contributed by atoms with E-state index < -0.39 is 235 Å². The molecule has 42 nitrogen and oxygen atoms in total. The molecule has 0 bridgehead atoms. The molecule has 4 aromatic carbocycles. The second-order valence-electron chi connectivity index (χ2n) is 36.1. The van der Waals surface area contributed by atoms with Crippen molar-refractivity contribution in [2.45, 2.75) is 225 Å². The number of ether oxygens (including phenoxy) is 8. The summed E-state index contributed by atoms with van der Waals surface area (Å²) >= 11 is 19.6. The van der Waals surface area contributed by atoms with Crippen LogP contribution in [-0.4, -0.2) is 240 Å². The highest BCUT2D eigenvalue weighted by Crippen LogP contribution is 2.57. The molecule has 4 aromatic heterocycles. The number of aliphatic hydroxyl groups excluding tert-OH is 4. The summed E-state index contributed by atoms with van der Waals surface area (Å²) < 4.78 is 205. The van der Waals surface area contributed by atoms with Crippen molar-refractivity contribution in [3.05, 3.63) is 231 Å². The number of halogens is 4. The normalized spacial score (nSPS) is 25.8. The third kappa shape index (κ3) is 32.5. The van der Waals surface area contributed by atoms with E-state index in [-0.39, 0.29) is 79.2 Å². The molecule has 0 amide bonds. The van der Waals surface area contributed by atoms with Crippen LogP contribution in [0, 0.1) is 48.2 Å². The van der Waals surface area contributed by atoms with Crippen LogP contribution in [-0.2, 0) is 93.4 Å². The second-order valence-corrected chi connectivity index (χ2v) is 46.0. The van der Waals surface area contributed by atoms with Crippen LogP contribution in [0.5, 0.6) is 23.0 Å². The topological polar surface area (TPSA) is 557 Å². The first-order valence-corrected chi connectivity index (χ1v) is 54.3. The number of aliphatic hydroxyl groups is 6. The molecule has 8 heterocycles. The first-order valence-electron chi connectivity index (χ1n) is 45.8. The Balaban J connectivity index is 0.000000217. The van der Waals surface area contributed by atoms with Crippen LogP contribution in [0.2, 0.25) is 0 Å². The molecule has 804 valence electrons. The number of benzene rings is 4. The lowest BCUT2D eigenvalue weighted by molar-refractivity contribution is -0.304. The number of rotatable bonds is 40. The fraction of sp³-hybridized carbons (Fsp3) is 0.522. The molecule has 10 N–H and O–H groups in total. The number of hydrogen-bond acceptors (Lipinski definition) is 38. The highest BCUT2D eigenvalue weighted by Gasteiger charge is 2.71. The van der Waals surface area contributed by atoms with E-state index in [4.69, 9.17) is 123 Å². The SMILES string of the molecule is CC(C)OC(=O)[C@H](C)CP(=O)(OC[C@H]1O[C@@H](n2ccc(=S)[nH]c2=O)C(C)(F)[C@H]1O)Oc1ccccc1.CC(C)OC(=O)[C@H](C)CP(=O)(OC[C@H]1O[C@@H](n2ccc(=S)[nH]c2=O)C(C)(O)[C@H]1O)Oc1ccccc1.CC(C)OC(=O)[C@H](C)CP(=O)(OC[C@H]1O[C@@H](n2ccc(=S)[nH]c2=O)C(C)[C@H]1O)Oc1ccccc1.CC(C)OC(=O)[C@H](C)CP(=O)(OC[C@H]1O[C@@H](n2ccc(=S)[nH]c2=O)C(O)(C(F)(F)F)[C@H]1O)Oc1ccccc1. The van der Waals surface area contributed by atoms with Gasteiger partial charge in [-0.1, -0.05) is 156 Å². The average molecular weight is 2210 g/mol. The van der Waals surface area contributed by atoms with Gasteiger partial charge in [-0.05, 0) is 142 Å². The average Bonchev–Trinajstić information content (AvgIpc) is 1.57. The number of aromatic amines is 4. The molecule has 8 aromatic rings. The van der Waals surface area contributed by atoms with Crippen LogP contribution < -0.4 is 40.9 Å². The second kappa shape index (κ2) is 51.8. The van der Waals surface area contributed by atoms with E-state index in [9.17, 15) is 100 Å². The fourth-order valence-corrected chi connectivity index (χ4v) is 22.9. The molecule has 4 saturated heterocycles. The molecule has 0 aliphatic carbocycles. The lowest BCUT2D eigenvalue weighted by Gasteiger charge is -2.33. The largest absolute Gasteiger partial charge is 0.463 e. The van der Waals surface area contributed by atoms with Crippen LogP contribution >= 0.6 is 79.3 Å². The molecule has 146 heavy (non-hydrogen) atoms. The molecule has 0 radical (unpaired) electrons. The zero-order chi connectivity index (χ0) is 108. The first-order chi connectivity index (χ1) is 68.2. The van der Waals surface area contributed by atoms with Crippen molar-refractivity contribution in [1.29, 1.82) is 0 Å². The summed E-state index contributed by atoms with van der Waals surface area (Å²) in [4.78, 5) is 108. The Labute approximate surface area is 855 Å². The van der Waals surface area contributed by atoms with Crippen molar-refractivity contribution < 1.29 is 160 Å². The lowest BCUT2D eigenvalue weighted by Crippen LogP contribution is -2.58. The van der Waals surface area contributed by atoms with Gasteiger partial charge in [0.1, 0.15) is 96.1 Å². The summed E-state index contributed by atoms with van der Waals surface area (Å²) in [5.74, 6) is -5.42. The van der Waals surface area contributed by atoms with Crippen molar-refractivity contribution in [3.8, 4) is 23.0 Å². The minimum atomic E-state index is -5.47. The van der Waals surface area contributed by atoms with Crippen LogP contribution in [0.3, 0.4) is 0 Å². The Morgan fingerprint density at radius 3 is 0.932 bits per heavy atom. The maximum absolute atomic E-state index is 15.5. The molecule has 4 aliphatic heterocycles. The number of H-pyrrole nitrogens is 4. The molecule has 8 unspecified atom stereocenters. The Hall–Kier alpha value is -9.56. The molecule has 4 fully saturated rings. The Bertz CT molecular complexity index is 6260. The van der Waals surface area contributed by atoms with Crippen LogP contribution in [0.4, 0.5) is 17.6 Å². The van der Waals surface area contributed by atoms with E-state index in [1.54, 1.807) is 191 Å². The van der Waals surface area contributed by atoms with Crippen LogP contribution in [0.1, 0.15) is 129 Å². The zero-order valence-electron chi connectivity index (χ0n) is 81.8. The summed E-state index contributed by atoms with van der Waals surface area (Å²) in [6.07, 6.45) is -21.7. The maximum atomic E-state index is 15.5. The Morgan fingerprint density at radius 1 is 0.390 bits per heavy atom. The summed E-state index contributed by atoms with van der Waals surface area (Å²) in [6.45, 7) is 21.4. The summed E-state index contributed by atoms with van der Waals surface area (Å²) in [6, 6.07) is 38.1. The van der Waals surface area contributed by atoms with Crippen molar-refractivity contribution in [2.24, 2.45) is 29.6 Å². The van der Waals surface area contributed by atoms with E-state index in [0.717, 1.165) is 28.3 Å². The van der Waals surface area contributed by atoms with Crippen molar-refractivity contribution in [3.63, 3.8) is 0 Å². The predicted molar refractivity (Wildman–Crippen MR) is 527 cm³/mol. The summed E-state index contributed by atoms with van der Waals surface area (Å²) in [5.41, 5.74) is -11.2. The number of carbonyl (C=O) groups excluding carboxylic acids is 4. The summed E-state index contributed by atoms with van der Waals surface area (Å²) in [7, 11) is -16.2. The number of nitrogens with one attached hydrogen (secondary N) is 4. The summed E-state index contributed by atoms with van der Waals surface area (Å²) in [5, 5.41) is 64.2. The van der Waals surface area contributed by atoms with Gasteiger partial charge in [-0.3, -0.25) is 75.5 Å².